The summed E-state index contributed by atoms with van der Waals surface area (Å²) < 4.78 is 1.75. The zero-order chi connectivity index (χ0) is 12.0. The Balaban J connectivity index is 2.22. The largest absolute Gasteiger partial charge is 0.354 e. The minimum absolute atomic E-state index is 0.0641. The standard InChI is InChI=1S/C11H20N4O/c1-3-4-10(12)11(16)13-6-5-9-7-14-15(2)8-9/h7-8,10H,3-6,12H2,1-2H3,(H,13,16)/t10-/m0/s1. The minimum Gasteiger partial charge on any atom is -0.354 e. The number of carbonyl (C=O) groups excluding carboxylic acids is 1. The fraction of sp³-hybridized carbons (Fsp3) is 0.636. The van der Waals surface area contributed by atoms with Crippen molar-refractivity contribution in [3.63, 3.8) is 0 Å². The molecule has 5 nitrogen and oxygen atoms in total. The Morgan fingerprint density at radius 2 is 2.44 bits per heavy atom. The Bertz CT molecular complexity index is 334. The lowest BCUT2D eigenvalue weighted by atomic mass is 10.1. The summed E-state index contributed by atoms with van der Waals surface area (Å²) in [7, 11) is 1.87. The molecule has 0 radical (unpaired) electrons. The molecule has 5 heteroatoms. The second-order valence-corrected chi connectivity index (χ2v) is 3.96. The molecule has 0 unspecified atom stereocenters. The van der Waals surface area contributed by atoms with Gasteiger partial charge in [0, 0.05) is 19.8 Å². The van der Waals surface area contributed by atoms with E-state index in [0.29, 0.717) is 6.54 Å². The molecule has 1 aromatic rings. The Labute approximate surface area is 96.0 Å². The minimum atomic E-state index is -0.376. The van der Waals surface area contributed by atoms with E-state index in [1.807, 2.05) is 20.2 Å². The van der Waals surface area contributed by atoms with E-state index in [1.54, 1.807) is 10.9 Å². The van der Waals surface area contributed by atoms with E-state index in [9.17, 15) is 4.79 Å². The summed E-state index contributed by atoms with van der Waals surface area (Å²) in [4.78, 5) is 11.5. The highest BCUT2D eigenvalue weighted by atomic mass is 16.2. The third-order valence-corrected chi connectivity index (χ3v) is 2.41. The van der Waals surface area contributed by atoms with Crippen molar-refractivity contribution in [3.05, 3.63) is 18.0 Å². The first kappa shape index (κ1) is 12.7. The Morgan fingerprint density at radius 3 is 3.00 bits per heavy atom. The van der Waals surface area contributed by atoms with Crippen LogP contribution in [0.1, 0.15) is 25.3 Å². The Hall–Kier alpha value is -1.36. The second-order valence-electron chi connectivity index (χ2n) is 3.96. The van der Waals surface area contributed by atoms with Crippen LogP contribution in [0.5, 0.6) is 0 Å². The summed E-state index contributed by atoms with van der Waals surface area (Å²) in [5.74, 6) is -0.0641. The van der Waals surface area contributed by atoms with Crippen molar-refractivity contribution in [3.8, 4) is 0 Å². The molecule has 16 heavy (non-hydrogen) atoms. The number of rotatable bonds is 6. The van der Waals surface area contributed by atoms with Gasteiger partial charge in [-0.05, 0) is 18.4 Å². The van der Waals surface area contributed by atoms with Crippen LogP contribution in [0.3, 0.4) is 0 Å². The summed E-state index contributed by atoms with van der Waals surface area (Å²) in [6.45, 7) is 2.63. The van der Waals surface area contributed by atoms with Crippen LogP contribution in [0.15, 0.2) is 12.4 Å². The molecular formula is C11H20N4O. The third-order valence-electron chi connectivity index (χ3n) is 2.41. The molecule has 0 spiro atoms. The van der Waals surface area contributed by atoms with E-state index in [1.165, 1.54) is 0 Å². The van der Waals surface area contributed by atoms with E-state index in [2.05, 4.69) is 10.4 Å². The van der Waals surface area contributed by atoms with Gasteiger partial charge in [0.1, 0.15) is 0 Å². The zero-order valence-electron chi connectivity index (χ0n) is 9.94. The van der Waals surface area contributed by atoms with Crippen molar-refractivity contribution in [2.24, 2.45) is 12.8 Å². The molecule has 0 saturated heterocycles. The van der Waals surface area contributed by atoms with E-state index in [0.717, 1.165) is 24.8 Å². The molecular weight excluding hydrogens is 204 g/mol. The number of carbonyl (C=O) groups is 1. The van der Waals surface area contributed by atoms with Crippen molar-refractivity contribution in [1.29, 1.82) is 0 Å². The van der Waals surface area contributed by atoms with Crippen LogP contribution in [0.2, 0.25) is 0 Å². The van der Waals surface area contributed by atoms with E-state index in [-0.39, 0.29) is 11.9 Å². The average Bonchev–Trinajstić information content (AvgIpc) is 2.64. The van der Waals surface area contributed by atoms with E-state index in [4.69, 9.17) is 5.73 Å². The topological polar surface area (TPSA) is 72.9 Å². The van der Waals surface area contributed by atoms with Crippen molar-refractivity contribution < 1.29 is 4.79 Å². The average molecular weight is 224 g/mol. The van der Waals surface area contributed by atoms with Gasteiger partial charge in [0.15, 0.2) is 0 Å². The highest BCUT2D eigenvalue weighted by Gasteiger charge is 2.10. The molecule has 1 atom stereocenters. The molecule has 1 aromatic heterocycles. The quantitative estimate of drug-likeness (QED) is 0.725. The second kappa shape index (κ2) is 6.27. The van der Waals surface area contributed by atoms with Crippen LogP contribution in [0, 0.1) is 0 Å². The van der Waals surface area contributed by atoms with Gasteiger partial charge in [-0.15, -0.1) is 0 Å². The summed E-state index contributed by atoms with van der Waals surface area (Å²) in [6, 6.07) is -0.376. The van der Waals surface area contributed by atoms with Crippen LogP contribution in [0.25, 0.3) is 0 Å². The molecule has 0 saturated carbocycles. The van der Waals surface area contributed by atoms with Gasteiger partial charge in [0.05, 0.1) is 12.2 Å². The smallest absolute Gasteiger partial charge is 0.236 e. The van der Waals surface area contributed by atoms with Gasteiger partial charge in [0.25, 0.3) is 0 Å². The summed E-state index contributed by atoms with van der Waals surface area (Å²) >= 11 is 0. The highest BCUT2D eigenvalue weighted by molar-refractivity contribution is 5.81. The molecule has 0 bridgehead atoms. The van der Waals surface area contributed by atoms with Crippen molar-refractivity contribution in [2.45, 2.75) is 32.2 Å². The molecule has 0 fully saturated rings. The lowest BCUT2D eigenvalue weighted by Crippen LogP contribution is -2.41. The number of aromatic nitrogens is 2. The van der Waals surface area contributed by atoms with Crippen LogP contribution in [-0.2, 0) is 18.3 Å². The molecule has 3 N–H and O–H groups in total. The maximum Gasteiger partial charge on any atom is 0.236 e. The Morgan fingerprint density at radius 1 is 1.69 bits per heavy atom. The van der Waals surface area contributed by atoms with E-state index < -0.39 is 0 Å². The number of hydrogen-bond acceptors (Lipinski definition) is 3. The van der Waals surface area contributed by atoms with Gasteiger partial charge < -0.3 is 11.1 Å². The fourth-order valence-corrected chi connectivity index (χ4v) is 1.50. The van der Waals surface area contributed by atoms with Gasteiger partial charge in [-0.3, -0.25) is 9.48 Å². The maximum atomic E-state index is 11.5. The Kier molecular flexibility index (Phi) is 4.98. The third kappa shape index (κ3) is 4.02. The molecule has 0 aromatic carbocycles. The number of nitrogens with zero attached hydrogens (tertiary/aromatic N) is 2. The van der Waals surface area contributed by atoms with Crippen molar-refractivity contribution >= 4 is 5.91 Å². The molecule has 1 amide bonds. The van der Waals surface area contributed by atoms with Crippen LogP contribution in [0.4, 0.5) is 0 Å². The normalized spacial score (nSPS) is 12.4. The number of hydrogen-bond donors (Lipinski definition) is 2. The van der Waals surface area contributed by atoms with Gasteiger partial charge in [-0.25, -0.2) is 0 Å². The van der Waals surface area contributed by atoms with Crippen molar-refractivity contribution in [1.82, 2.24) is 15.1 Å². The van der Waals surface area contributed by atoms with Gasteiger partial charge >= 0.3 is 0 Å². The van der Waals surface area contributed by atoms with E-state index >= 15 is 0 Å². The molecule has 0 aliphatic rings. The van der Waals surface area contributed by atoms with Crippen molar-refractivity contribution in [2.75, 3.05) is 6.54 Å². The zero-order valence-corrected chi connectivity index (χ0v) is 9.94. The number of amides is 1. The number of aryl methyl sites for hydroxylation is 1. The summed E-state index contributed by atoms with van der Waals surface area (Å²) in [5.41, 5.74) is 6.80. The van der Waals surface area contributed by atoms with Crippen LogP contribution in [-0.4, -0.2) is 28.3 Å². The lowest BCUT2D eigenvalue weighted by molar-refractivity contribution is -0.122. The maximum absolute atomic E-state index is 11.5. The monoisotopic (exact) mass is 224 g/mol. The lowest BCUT2D eigenvalue weighted by Gasteiger charge is -2.10. The van der Waals surface area contributed by atoms with Crippen LogP contribution >= 0.6 is 0 Å². The number of nitrogens with one attached hydrogen (secondary N) is 1. The van der Waals surface area contributed by atoms with Gasteiger partial charge in [0.2, 0.25) is 5.91 Å². The molecule has 90 valence electrons. The molecule has 1 heterocycles. The molecule has 1 rings (SSSR count). The first-order chi connectivity index (χ1) is 7.63. The fourth-order valence-electron chi connectivity index (χ4n) is 1.50. The summed E-state index contributed by atoms with van der Waals surface area (Å²) in [6.07, 6.45) is 6.20. The highest BCUT2D eigenvalue weighted by Crippen LogP contribution is 1.97. The predicted octanol–water partition coefficient (Wildman–Crippen LogP) is 0.206. The summed E-state index contributed by atoms with van der Waals surface area (Å²) in [5, 5.41) is 6.88. The van der Waals surface area contributed by atoms with Gasteiger partial charge in [-0.1, -0.05) is 13.3 Å². The van der Waals surface area contributed by atoms with Crippen LogP contribution < -0.4 is 11.1 Å². The SMILES string of the molecule is CCC[C@H](N)C(=O)NCCc1cnn(C)c1. The molecule has 0 aliphatic heterocycles. The first-order valence-electron chi connectivity index (χ1n) is 5.64. The molecule has 0 aliphatic carbocycles. The predicted molar refractivity (Wildman–Crippen MR) is 62.8 cm³/mol. The number of nitrogens with two attached hydrogens (primary N) is 1. The first-order valence-corrected chi connectivity index (χ1v) is 5.64. The van der Waals surface area contributed by atoms with Gasteiger partial charge in [-0.2, -0.15) is 5.10 Å².